The molecule has 1 aliphatic rings. The van der Waals surface area contributed by atoms with Crippen LogP contribution in [-0.2, 0) is 0 Å². The van der Waals surface area contributed by atoms with Gasteiger partial charge in [-0.15, -0.1) is 0 Å². The van der Waals surface area contributed by atoms with Crippen LogP contribution in [0.25, 0.3) is 0 Å². The third kappa shape index (κ3) is 3.63. The summed E-state index contributed by atoms with van der Waals surface area (Å²) in [7, 11) is 0. The van der Waals surface area contributed by atoms with Gasteiger partial charge in [-0.1, -0.05) is 6.92 Å². The molecule has 2 unspecified atom stereocenters. The highest BCUT2D eigenvalue weighted by Gasteiger charge is 2.30. The highest BCUT2D eigenvalue weighted by molar-refractivity contribution is 4.90. The van der Waals surface area contributed by atoms with Gasteiger partial charge in [-0.05, 0) is 33.2 Å². The second-order valence-corrected chi connectivity index (χ2v) is 4.29. The van der Waals surface area contributed by atoms with Crippen LogP contribution in [-0.4, -0.2) is 35.9 Å². The second kappa shape index (κ2) is 4.40. The van der Waals surface area contributed by atoms with Gasteiger partial charge in [0.1, 0.15) is 0 Å². The van der Waals surface area contributed by atoms with Crippen LogP contribution in [0.3, 0.4) is 0 Å². The average molecular weight is 186 g/mol. The van der Waals surface area contributed by atoms with Crippen LogP contribution >= 0.6 is 0 Å². The van der Waals surface area contributed by atoms with Crippen molar-refractivity contribution in [3.8, 4) is 0 Å². The molecule has 0 spiro atoms. The molecule has 78 valence electrons. The number of hydrogen-bond donors (Lipinski definition) is 3. The SMILES string of the molecule is CCNC(C)C(C)(O)CNC1CC1. The average Bonchev–Trinajstić information content (AvgIpc) is 2.84. The lowest BCUT2D eigenvalue weighted by Crippen LogP contribution is -2.53. The van der Waals surface area contributed by atoms with Gasteiger partial charge >= 0.3 is 0 Å². The molecule has 0 bridgehead atoms. The second-order valence-electron chi connectivity index (χ2n) is 4.29. The maximum atomic E-state index is 10.1. The van der Waals surface area contributed by atoms with Crippen molar-refractivity contribution in [1.82, 2.24) is 10.6 Å². The molecule has 0 radical (unpaired) electrons. The number of rotatable bonds is 6. The lowest BCUT2D eigenvalue weighted by molar-refractivity contribution is 0.0262. The Kier molecular flexibility index (Phi) is 3.71. The van der Waals surface area contributed by atoms with E-state index in [-0.39, 0.29) is 6.04 Å². The first-order chi connectivity index (χ1) is 6.06. The fourth-order valence-electron chi connectivity index (χ4n) is 1.32. The molecule has 1 saturated carbocycles. The van der Waals surface area contributed by atoms with E-state index in [1.165, 1.54) is 12.8 Å². The van der Waals surface area contributed by atoms with E-state index < -0.39 is 5.60 Å². The maximum Gasteiger partial charge on any atom is 0.0892 e. The Balaban J connectivity index is 2.24. The van der Waals surface area contributed by atoms with E-state index in [4.69, 9.17) is 0 Å². The molecular weight excluding hydrogens is 164 g/mol. The molecule has 0 heterocycles. The van der Waals surface area contributed by atoms with E-state index in [9.17, 15) is 5.11 Å². The highest BCUT2D eigenvalue weighted by atomic mass is 16.3. The molecule has 0 aromatic heterocycles. The molecule has 2 atom stereocenters. The first kappa shape index (κ1) is 11.0. The van der Waals surface area contributed by atoms with Crippen LogP contribution < -0.4 is 10.6 Å². The normalized spacial score (nSPS) is 24.0. The van der Waals surface area contributed by atoms with Crippen molar-refractivity contribution < 1.29 is 5.11 Å². The Bertz CT molecular complexity index is 155. The predicted octanol–water partition coefficient (Wildman–Crippen LogP) is 0.487. The number of hydrogen-bond acceptors (Lipinski definition) is 3. The van der Waals surface area contributed by atoms with Gasteiger partial charge in [0.15, 0.2) is 0 Å². The molecule has 1 aliphatic carbocycles. The molecule has 3 nitrogen and oxygen atoms in total. The predicted molar refractivity (Wildman–Crippen MR) is 54.8 cm³/mol. The number of aliphatic hydroxyl groups is 1. The molecule has 0 aromatic rings. The van der Waals surface area contributed by atoms with Gasteiger partial charge in [-0.25, -0.2) is 0 Å². The Labute approximate surface area is 80.9 Å². The van der Waals surface area contributed by atoms with E-state index in [1.807, 2.05) is 13.8 Å². The monoisotopic (exact) mass is 186 g/mol. The Morgan fingerprint density at radius 1 is 1.54 bits per heavy atom. The lowest BCUT2D eigenvalue weighted by atomic mass is 9.98. The van der Waals surface area contributed by atoms with E-state index in [0.29, 0.717) is 12.6 Å². The molecule has 3 N–H and O–H groups in total. The van der Waals surface area contributed by atoms with Crippen LogP contribution in [0.5, 0.6) is 0 Å². The topological polar surface area (TPSA) is 44.3 Å². The van der Waals surface area contributed by atoms with E-state index in [0.717, 1.165) is 6.54 Å². The zero-order chi connectivity index (χ0) is 9.90. The molecule has 0 aliphatic heterocycles. The highest BCUT2D eigenvalue weighted by Crippen LogP contribution is 2.20. The van der Waals surface area contributed by atoms with Crippen LogP contribution in [0.2, 0.25) is 0 Å². The summed E-state index contributed by atoms with van der Waals surface area (Å²) >= 11 is 0. The minimum atomic E-state index is -0.640. The molecule has 0 saturated heterocycles. The minimum Gasteiger partial charge on any atom is -0.387 e. The third-order valence-corrected chi connectivity index (χ3v) is 2.77. The van der Waals surface area contributed by atoms with Crippen molar-refractivity contribution in [3.05, 3.63) is 0 Å². The Hall–Kier alpha value is -0.120. The van der Waals surface area contributed by atoms with Crippen LogP contribution in [0.4, 0.5) is 0 Å². The van der Waals surface area contributed by atoms with Crippen molar-refractivity contribution in [1.29, 1.82) is 0 Å². The fourth-order valence-corrected chi connectivity index (χ4v) is 1.32. The largest absolute Gasteiger partial charge is 0.387 e. The molecule has 0 aromatic carbocycles. The summed E-state index contributed by atoms with van der Waals surface area (Å²) in [5.74, 6) is 0. The van der Waals surface area contributed by atoms with Crippen molar-refractivity contribution >= 4 is 0 Å². The van der Waals surface area contributed by atoms with Crippen molar-refractivity contribution in [2.75, 3.05) is 13.1 Å². The van der Waals surface area contributed by atoms with Gasteiger partial charge in [-0.3, -0.25) is 0 Å². The van der Waals surface area contributed by atoms with Crippen LogP contribution in [0, 0.1) is 0 Å². The molecule has 13 heavy (non-hydrogen) atoms. The smallest absolute Gasteiger partial charge is 0.0892 e. The molecular formula is C10H22N2O. The zero-order valence-electron chi connectivity index (χ0n) is 8.93. The third-order valence-electron chi connectivity index (χ3n) is 2.77. The Morgan fingerprint density at radius 2 is 2.15 bits per heavy atom. The zero-order valence-corrected chi connectivity index (χ0v) is 8.93. The first-order valence-corrected chi connectivity index (χ1v) is 5.25. The number of nitrogens with one attached hydrogen (secondary N) is 2. The van der Waals surface area contributed by atoms with Gasteiger partial charge in [0.2, 0.25) is 0 Å². The minimum absolute atomic E-state index is 0.142. The quantitative estimate of drug-likeness (QED) is 0.565. The van der Waals surface area contributed by atoms with E-state index >= 15 is 0 Å². The van der Waals surface area contributed by atoms with Crippen LogP contribution in [0.15, 0.2) is 0 Å². The van der Waals surface area contributed by atoms with Gasteiger partial charge in [-0.2, -0.15) is 0 Å². The summed E-state index contributed by atoms with van der Waals surface area (Å²) in [4.78, 5) is 0. The molecule has 3 heteroatoms. The summed E-state index contributed by atoms with van der Waals surface area (Å²) < 4.78 is 0. The van der Waals surface area contributed by atoms with Crippen LogP contribution in [0.1, 0.15) is 33.6 Å². The van der Waals surface area contributed by atoms with Gasteiger partial charge in [0.05, 0.1) is 5.60 Å². The van der Waals surface area contributed by atoms with Crippen molar-refractivity contribution in [3.63, 3.8) is 0 Å². The summed E-state index contributed by atoms with van der Waals surface area (Å²) in [6.07, 6.45) is 2.54. The van der Waals surface area contributed by atoms with Gasteiger partial charge in [0.25, 0.3) is 0 Å². The molecule has 1 rings (SSSR count). The standard InChI is InChI=1S/C10H22N2O/c1-4-11-8(2)10(3,13)7-12-9-5-6-9/h8-9,11-13H,4-7H2,1-3H3. The van der Waals surface area contributed by atoms with E-state index in [1.54, 1.807) is 0 Å². The fraction of sp³-hybridized carbons (Fsp3) is 1.00. The van der Waals surface area contributed by atoms with E-state index in [2.05, 4.69) is 17.6 Å². The summed E-state index contributed by atoms with van der Waals surface area (Å²) in [5.41, 5.74) is -0.640. The number of likely N-dealkylation sites (N-methyl/N-ethyl adjacent to an activating group) is 1. The molecule has 1 fully saturated rings. The summed E-state index contributed by atoms with van der Waals surface area (Å²) in [6, 6.07) is 0.809. The summed E-state index contributed by atoms with van der Waals surface area (Å²) in [6.45, 7) is 7.56. The van der Waals surface area contributed by atoms with Crippen molar-refractivity contribution in [2.45, 2.75) is 51.3 Å². The molecule has 0 amide bonds. The van der Waals surface area contributed by atoms with Gasteiger partial charge in [0, 0.05) is 18.6 Å². The van der Waals surface area contributed by atoms with Crippen molar-refractivity contribution in [2.24, 2.45) is 0 Å². The maximum absolute atomic E-state index is 10.1. The van der Waals surface area contributed by atoms with Gasteiger partial charge < -0.3 is 15.7 Å². The first-order valence-electron chi connectivity index (χ1n) is 5.25. The summed E-state index contributed by atoms with van der Waals surface area (Å²) in [5, 5.41) is 16.7. The Morgan fingerprint density at radius 3 is 2.62 bits per heavy atom. The lowest BCUT2D eigenvalue weighted by Gasteiger charge is -2.31.